The van der Waals surface area contributed by atoms with E-state index in [1.807, 2.05) is 0 Å². The summed E-state index contributed by atoms with van der Waals surface area (Å²) in [6.07, 6.45) is 0. The van der Waals surface area contributed by atoms with Crippen LogP contribution in [0.15, 0.2) is 12.1 Å². The van der Waals surface area contributed by atoms with E-state index >= 15 is 0 Å². The van der Waals surface area contributed by atoms with Crippen LogP contribution in [0.1, 0.15) is 37.5 Å². The van der Waals surface area contributed by atoms with Crippen LogP contribution in [-0.2, 0) is 37.5 Å². The number of fused-ring (bicyclic) bond motifs is 2. The Kier molecular flexibility index (Phi) is 10.2. The van der Waals surface area contributed by atoms with E-state index < -0.39 is 0 Å². The van der Waals surface area contributed by atoms with E-state index in [2.05, 4.69) is 51.9 Å². The maximum Gasteiger partial charge on any atom is 0.0701 e. The molecule has 0 radical (unpaired) electrons. The fraction of sp³-hybridized carbons (Fsp3) is 0.750. The van der Waals surface area contributed by atoms with Gasteiger partial charge in [-0.2, -0.15) is 0 Å². The second-order valence-corrected chi connectivity index (χ2v) is 10.0. The van der Waals surface area contributed by atoms with Crippen LogP contribution in [0, 0.1) is 0 Å². The van der Waals surface area contributed by atoms with Crippen molar-refractivity contribution in [1.29, 1.82) is 0 Å². The maximum absolute atomic E-state index is 5.85. The molecule has 0 aliphatic carbocycles. The third-order valence-corrected chi connectivity index (χ3v) is 6.70. The molecule has 1 atom stereocenters. The van der Waals surface area contributed by atoms with Crippen molar-refractivity contribution in [1.82, 2.24) is 9.80 Å². The molecule has 0 saturated carbocycles. The molecule has 4 bridgehead atoms. The molecule has 7 heteroatoms. The zero-order valence-electron chi connectivity index (χ0n) is 19.7. The average molecular weight is 453 g/mol. The standard InChI is InChI=1S/C24H41N2O4P/c1-24(2,3)22-16-20-18-25-4-8-27-12-13-29-10-6-26(19-21(17-22)23(20)31)7-11-30-15-14-28-9-5-25/h16-17H,4-15,18-19,31H2,1-3H3. The largest absolute Gasteiger partial charge is 0.378 e. The summed E-state index contributed by atoms with van der Waals surface area (Å²) in [4.78, 5) is 4.88. The fourth-order valence-electron chi connectivity index (χ4n) is 3.91. The molecule has 2 aliphatic rings. The average Bonchev–Trinajstić information content (AvgIpc) is 2.72. The van der Waals surface area contributed by atoms with Crippen molar-refractivity contribution < 1.29 is 18.9 Å². The molecular formula is C24H41N2O4P. The molecule has 0 amide bonds. The molecule has 2 aliphatic heterocycles. The Morgan fingerprint density at radius 2 is 1.00 bits per heavy atom. The third kappa shape index (κ3) is 8.36. The highest BCUT2D eigenvalue weighted by Gasteiger charge is 2.20. The molecule has 3 rings (SSSR count). The van der Waals surface area contributed by atoms with Gasteiger partial charge in [0.1, 0.15) is 0 Å². The van der Waals surface area contributed by atoms with Gasteiger partial charge in [0.15, 0.2) is 0 Å². The van der Waals surface area contributed by atoms with Gasteiger partial charge in [0.05, 0.1) is 52.9 Å². The number of hydrogen-bond donors (Lipinski definition) is 0. The lowest BCUT2D eigenvalue weighted by Gasteiger charge is -2.28. The highest BCUT2D eigenvalue weighted by atomic mass is 31.0. The van der Waals surface area contributed by atoms with Crippen LogP contribution in [0.3, 0.4) is 0 Å². The number of nitrogens with zero attached hydrogens (tertiary/aromatic N) is 2. The summed E-state index contributed by atoms with van der Waals surface area (Å²) in [5.41, 5.74) is 4.24. The SMILES string of the molecule is CC(C)(C)c1cc2c(P)c(c1)CN1CCOCCOCCN(CCOCCOCC1)C2. The lowest BCUT2D eigenvalue weighted by Crippen LogP contribution is -2.34. The molecule has 1 aromatic carbocycles. The first-order chi connectivity index (χ1) is 14.9. The normalized spacial score (nSPS) is 25.7. The van der Waals surface area contributed by atoms with E-state index in [1.54, 1.807) is 0 Å². The first-order valence-electron chi connectivity index (χ1n) is 11.6. The molecule has 1 aromatic rings. The van der Waals surface area contributed by atoms with E-state index in [0.717, 1.165) is 39.3 Å². The second-order valence-electron chi connectivity index (χ2n) is 9.46. The van der Waals surface area contributed by atoms with E-state index in [9.17, 15) is 0 Å². The van der Waals surface area contributed by atoms with Crippen LogP contribution in [0.5, 0.6) is 0 Å². The molecule has 1 unspecified atom stereocenters. The molecule has 2 heterocycles. The van der Waals surface area contributed by atoms with Crippen LogP contribution in [0.25, 0.3) is 0 Å². The van der Waals surface area contributed by atoms with Crippen LogP contribution in [0.4, 0.5) is 0 Å². The van der Waals surface area contributed by atoms with Gasteiger partial charge in [-0.05, 0) is 27.4 Å². The predicted molar refractivity (Wildman–Crippen MR) is 128 cm³/mol. The summed E-state index contributed by atoms with van der Waals surface area (Å²) in [6.45, 7) is 17.6. The summed E-state index contributed by atoms with van der Waals surface area (Å²) in [7, 11) is 3.03. The zero-order chi connectivity index (χ0) is 22.1. The Morgan fingerprint density at radius 1 is 0.645 bits per heavy atom. The topological polar surface area (TPSA) is 43.4 Å². The van der Waals surface area contributed by atoms with Crippen molar-refractivity contribution in [2.24, 2.45) is 0 Å². The Labute approximate surface area is 190 Å². The minimum atomic E-state index is 0.0990. The fourth-order valence-corrected chi connectivity index (χ4v) is 4.26. The molecule has 176 valence electrons. The highest BCUT2D eigenvalue weighted by Crippen LogP contribution is 2.26. The number of rotatable bonds is 0. The first kappa shape index (κ1) is 25.0. The number of benzene rings is 1. The van der Waals surface area contributed by atoms with Crippen molar-refractivity contribution in [2.45, 2.75) is 39.3 Å². The van der Waals surface area contributed by atoms with Gasteiger partial charge in [0.25, 0.3) is 0 Å². The summed E-state index contributed by atoms with van der Waals surface area (Å²) in [5, 5.41) is 1.32. The van der Waals surface area contributed by atoms with Gasteiger partial charge in [-0.15, -0.1) is 9.24 Å². The second kappa shape index (κ2) is 12.6. The summed E-state index contributed by atoms with van der Waals surface area (Å²) in [6, 6.07) is 4.79. The summed E-state index contributed by atoms with van der Waals surface area (Å²) >= 11 is 0. The van der Waals surface area contributed by atoms with E-state index in [1.165, 1.54) is 22.0 Å². The molecular weight excluding hydrogens is 411 g/mol. The quantitative estimate of drug-likeness (QED) is 0.563. The molecule has 0 saturated heterocycles. The molecule has 0 aromatic heterocycles. The lowest BCUT2D eigenvalue weighted by atomic mass is 9.84. The van der Waals surface area contributed by atoms with E-state index in [4.69, 9.17) is 18.9 Å². The van der Waals surface area contributed by atoms with Gasteiger partial charge in [0, 0.05) is 39.3 Å². The van der Waals surface area contributed by atoms with Crippen LogP contribution in [0.2, 0.25) is 0 Å². The van der Waals surface area contributed by atoms with Gasteiger partial charge in [-0.3, -0.25) is 9.80 Å². The van der Waals surface area contributed by atoms with Gasteiger partial charge in [-0.1, -0.05) is 32.9 Å². The minimum absolute atomic E-state index is 0.0990. The van der Waals surface area contributed by atoms with Crippen molar-refractivity contribution in [3.63, 3.8) is 0 Å². The number of ether oxygens (including phenoxy) is 4. The Hall–Kier alpha value is -0.590. The zero-order valence-corrected chi connectivity index (χ0v) is 20.8. The van der Waals surface area contributed by atoms with E-state index in [-0.39, 0.29) is 5.41 Å². The molecule has 31 heavy (non-hydrogen) atoms. The van der Waals surface area contributed by atoms with Crippen LogP contribution < -0.4 is 5.30 Å². The first-order valence-corrected chi connectivity index (χ1v) is 12.2. The van der Waals surface area contributed by atoms with Gasteiger partial charge < -0.3 is 18.9 Å². The smallest absolute Gasteiger partial charge is 0.0701 e. The molecule has 0 fully saturated rings. The van der Waals surface area contributed by atoms with Crippen molar-refractivity contribution in [3.8, 4) is 0 Å². The van der Waals surface area contributed by atoms with Crippen LogP contribution >= 0.6 is 9.24 Å². The monoisotopic (exact) mass is 452 g/mol. The summed E-state index contributed by atoms with van der Waals surface area (Å²) < 4.78 is 23.4. The van der Waals surface area contributed by atoms with Crippen molar-refractivity contribution in [3.05, 3.63) is 28.8 Å². The maximum atomic E-state index is 5.85. The Bertz CT molecular complexity index is 613. The highest BCUT2D eigenvalue weighted by molar-refractivity contribution is 7.27. The number of hydrogen-bond acceptors (Lipinski definition) is 6. The van der Waals surface area contributed by atoms with Gasteiger partial charge >= 0.3 is 0 Å². The third-order valence-electron chi connectivity index (χ3n) is 5.96. The Morgan fingerprint density at radius 3 is 1.32 bits per heavy atom. The van der Waals surface area contributed by atoms with Gasteiger partial charge in [0.2, 0.25) is 0 Å². The summed E-state index contributed by atoms with van der Waals surface area (Å²) in [5.74, 6) is 0. The van der Waals surface area contributed by atoms with Gasteiger partial charge in [-0.25, -0.2) is 0 Å². The minimum Gasteiger partial charge on any atom is -0.378 e. The van der Waals surface area contributed by atoms with Crippen molar-refractivity contribution >= 4 is 14.5 Å². The van der Waals surface area contributed by atoms with Crippen molar-refractivity contribution in [2.75, 3.05) is 79.0 Å². The Balaban J connectivity index is 1.97. The predicted octanol–water partition coefficient (Wildman–Crippen LogP) is 2.18. The molecule has 0 N–H and O–H groups in total. The van der Waals surface area contributed by atoms with E-state index in [0.29, 0.717) is 52.9 Å². The molecule has 0 spiro atoms. The molecule has 6 nitrogen and oxygen atoms in total. The lowest BCUT2D eigenvalue weighted by molar-refractivity contribution is 0.00664. The van der Waals surface area contributed by atoms with Crippen LogP contribution in [-0.4, -0.2) is 88.8 Å².